The number of nitrogens with zero attached hydrogens (tertiary/aromatic N) is 2. The van der Waals surface area contributed by atoms with Crippen LogP contribution >= 0.6 is 0 Å². The minimum Gasteiger partial charge on any atom is -0.310 e. The fraction of sp³-hybridized carbons (Fsp3) is 0. The van der Waals surface area contributed by atoms with Crippen LogP contribution < -0.4 is 4.90 Å². The predicted molar refractivity (Wildman–Crippen MR) is 220 cm³/mol. The quantitative estimate of drug-likeness (QED) is 0.178. The summed E-state index contributed by atoms with van der Waals surface area (Å²) in [6.07, 6.45) is 0. The molecule has 1 aliphatic carbocycles. The fourth-order valence-corrected chi connectivity index (χ4v) is 8.36. The van der Waals surface area contributed by atoms with Gasteiger partial charge in [0.2, 0.25) is 0 Å². The lowest BCUT2D eigenvalue weighted by Gasteiger charge is -2.28. The van der Waals surface area contributed by atoms with Crippen molar-refractivity contribution in [3.63, 3.8) is 0 Å². The highest BCUT2D eigenvalue weighted by atomic mass is 15.1. The van der Waals surface area contributed by atoms with E-state index in [1.165, 1.54) is 82.4 Å². The summed E-state index contributed by atoms with van der Waals surface area (Å²) in [5, 5.41) is 7.58. The van der Waals surface area contributed by atoms with E-state index in [1.807, 2.05) is 0 Å². The lowest BCUT2D eigenvalue weighted by molar-refractivity contribution is 1.19. The molecule has 9 aromatic carbocycles. The van der Waals surface area contributed by atoms with Crippen LogP contribution in [0, 0.1) is 0 Å². The Morgan fingerprint density at radius 1 is 0.308 bits per heavy atom. The molecule has 242 valence electrons. The van der Waals surface area contributed by atoms with Gasteiger partial charge in [-0.2, -0.15) is 0 Å². The first-order valence-electron chi connectivity index (χ1n) is 17.9. The second kappa shape index (κ2) is 11.3. The van der Waals surface area contributed by atoms with Crippen LogP contribution in [0.2, 0.25) is 0 Å². The van der Waals surface area contributed by atoms with Crippen LogP contribution in [0.3, 0.4) is 0 Å². The topological polar surface area (TPSA) is 8.17 Å². The van der Waals surface area contributed by atoms with Crippen LogP contribution in [-0.4, -0.2) is 4.57 Å². The van der Waals surface area contributed by atoms with E-state index in [2.05, 4.69) is 204 Å². The van der Waals surface area contributed by atoms with Crippen LogP contribution in [0.5, 0.6) is 0 Å². The highest BCUT2D eigenvalue weighted by Gasteiger charge is 2.24. The van der Waals surface area contributed by atoms with Crippen molar-refractivity contribution >= 4 is 60.4 Å². The molecule has 0 spiro atoms. The van der Waals surface area contributed by atoms with Gasteiger partial charge in [-0.1, -0.05) is 109 Å². The van der Waals surface area contributed by atoms with Crippen molar-refractivity contribution in [1.82, 2.24) is 4.57 Å². The molecule has 0 aliphatic heterocycles. The van der Waals surface area contributed by atoms with Gasteiger partial charge in [-0.05, 0) is 140 Å². The molecular formula is C50H32N2. The molecule has 2 heteroatoms. The van der Waals surface area contributed by atoms with Crippen molar-refractivity contribution in [2.24, 2.45) is 0 Å². The van der Waals surface area contributed by atoms with Gasteiger partial charge in [-0.3, -0.25) is 0 Å². The third kappa shape index (κ3) is 4.44. The number of fused-ring (bicyclic) bond motifs is 9. The SMILES string of the molecule is c1ccc(-c2cccc(N(c3ccccc3)c3ccc4cc5c(cc4c3)-c3cc4ccc(-n6c7ccccc7c7ccccc76)cc4cc3-5)c2)cc1. The molecule has 0 amide bonds. The summed E-state index contributed by atoms with van der Waals surface area (Å²) >= 11 is 0. The van der Waals surface area contributed by atoms with E-state index in [1.54, 1.807) is 0 Å². The van der Waals surface area contributed by atoms with E-state index in [9.17, 15) is 0 Å². The van der Waals surface area contributed by atoms with Crippen molar-refractivity contribution in [2.45, 2.75) is 0 Å². The Bertz CT molecular complexity index is 2960. The van der Waals surface area contributed by atoms with Crippen molar-refractivity contribution < 1.29 is 0 Å². The molecule has 0 bridgehead atoms. The first-order valence-corrected chi connectivity index (χ1v) is 17.9. The van der Waals surface area contributed by atoms with E-state index < -0.39 is 0 Å². The zero-order valence-electron chi connectivity index (χ0n) is 28.4. The molecule has 11 rings (SSSR count). The fourth-order valence-electron chi connectivity index (χ4n) is 8.36. The van der Waals surface area contributed by atoms with Crippen LogP contribution in [-0.2, 0) is 0 Å². The summed E-state index contributed by atoms with van der Waals surface area (Å²) < 4.78 is 2.40. The maximum Gasteiger partial charge on any atom is 0.0541 e. The smallest absolute Gasteiger partial charge is 0.0541 e. The summed E-state index contributed by atoms with van der Waals surface area (Å²) in [6, 6.07) is 70.9. The highest BCUT2D eigenvalue weighted by molar-refractivity contribution is 6.13. The van der Waals surface area contributed by atoms with Crippen molar-refractivity contribution in [2.75, 3.05) is 4.90 Å². The molecule has 0 radical (unpaired) electrons. The van der Waals surface area contributed by atoms with Crippen LogP contribution in [0.4, 0.5) is 17.1 Å². The van der Waals surface area contributed by atoms with Crippen LogP contribution in [0.25, 0.3) is 82.4 Å². The van der Waals surface area contributed by atoms with Gasteiger partial charge in [0.25, 0.3) is 0 Å². The minimum absolute atomic E-state index is 1.13. The van der Waals surface area contributed by atoms with Gasteiger partial charge < -0.3 is 9.47 Å². The third-order valence-electron chi connectivity index (χ3n) is 10.8. The molecule has 0 saturated heterocycles. The van der Waals surface area contributed by atoms with Crippen molar-refractivity contribution in [1.29, 1.82) is 0 Å². The number of hydrogen-bond donors (Lipinski definition) is 0. The van der Waals surface area contributed by atoms with Gasteiger partial charge in [0.15, 0.2) is 0 Å². The number of anilines is 3. The van der Waals surface area contributed by atoms with Crippen LogP contribution in [0.15, 0.2) is 194 Å². The van der Waals surface area contributed by atoms with Gasteiger partial charge in [0, 0.05) is 33.5 Å². The Hall–Kier alpha value is -6.90. The molecule has 10 aromatic rings. The lowest BCUT2D eigenvalue weighted by Crippen LogP contribution is -2.10. The normalized spacial score (nSPS) is 11.8. The molecule has 0 N–H and O–H groups in total. The van der Waals surface area contributed by atoms with E-state index in [0.717, 1.165) is 17.1 Å². The molecule has 0 unspecified atom stereocenters. The Balaban J connectivity index is 0.998. The Labute approximate surface area is 302 Å². The van der Waals surface area contributed by atoms with Gasteiger partial charge >= 0.3 is 0 Å². The maximum atomic E-state index is 2.40. The third-order valence-corrected chi connectivity index (χ3v) is 10.8. The Kier molecular flexibility index (Phi) is 6.28. The maximum absolute atomic E-state index is 2.40. The van der Waals surface area contributed by atoms with Gasteiger partial charge in [0.05, 0.1) is 11.0 Å². The minimum atomic E-state index is 1.13. The largest absolute Gasteiger partial charge is 0.310 e. The molecular weight excluding hydrogens is 629 g/mol. The van der Waals surface area contributed by atoms with E-state index in [4.69, 9.17) is 0 Å². The lowest BCUT2D eigenvalue weighted by atomic mass is 9.78. The van der Waals surface area contributed by atoms with E-state index in [-0.39, 0.29) is 0 Å². The molecule has 0 fully saturated rings. The number of aromatic nitrogens is 1. The average molecular weight is 661 g/mol. The number of hydrogen-bond acceptors (Lipinski definition) is 1. The van der Waals surface area contributed by atoms with Gasteiger partial charge in [-0.15, -0.1) is 0 Å². The number of para-hydroxylation sites is 3. The monoisotopic (exact) mass is 660 g/mol. The summed E-state index contributed by atoms with van der Waals surface area (Å²) in [4.78, 5) is 2.36. The molecule has 1 aromatic heterocycles. The molecule has 2 nitrogen and oxygen atoms in total. The van der Waals surface area contributed by atoms with E-state index in [0.29, 0.717) is 0 Å². The van der Waals surface area contributed by atoms with Crippen molar-refractivity contribution in [3.8, 4) is 39.1 Å². The standard InChI is InChI=1S/C50H32N2/c1-3-12-33(13-4-1)34-14-11-17-40(26-34)51(39-15-5-2-6-16-39)41-24-22-35-29-45-47(31-37(35)27-41)46-30-36-23-25-42(28-38(36)32-48(45)46)52-49-20-9-7-18-43(49)44-19-8-10-21-50(44)52/h1-32H. The number of benzene rings is 9. The van der Waals surface area contributed by atoms with Crippen LogP contribution in [0.1, 0.15) is 0 Å². The van der Waals surface area contributed by atoms with Gasteiger partial charge in [0.1, 0.15) is 0 Å². The molecule has 1 aliphatic rings. The van der Waals surface area contributed by atoms with Gasteiger partial charge in [-0.25, -0.2) is 0 Å². The first kappa shape index (κ1) is 28.9. The molecule has 0 atom stereocenters. The Morgan fingerprint density at radius 3 is 1.48 bits per heavy atom. The zero-order chi connectivity index (χ0) is 34.2. The molecule has 52 heavy (non-hydrogen) atoms. The summed E-state index contributed by atoms with van der Waals surface area (Å²) in [5.41, 5.74) is 14.8. The van der Waals surface area contributed by atoms with E-state index >= 15 is 0 Å². The summed E-state index contributed by atoms with van der Waals surface area (Å²) in [5.74, 6) is 0. The molecule has 1 heterocycles. The zero-order valence-corrected chi connectivity index (χ0v) is 28.4. The average Bonchev–Trinajstić information content (AvgIpc) is 3.55. The first-order chi connectivity index (χ1) is 25.8. The second-order valence-electron chi connectivity index (χ2n) is 13.8. The summed E-state index contributed by atoms with van der Waals surface area (Å²) in [6.45, 7) is 0. The highest BCUT2D eigenvalue weighted by Crippen LogP contribution is 2.51. The number of rotatable bonds is 5. The van der Waals surface area contributed by atoms with Crippen molar-refractivity contribution in [3.05, 3.63) is 194 Å². The predicted octanol–water partition coefficient (Wildman–Crippen LogP) is 13.9. The Morgan fingerprint density at radius 2 is 0.808 bits per heavy atom. The summed E-state index contributed by atoms with van der Waals surface area (Å²) in [7, 11) is 0. The molecule has 0 saturated carbocycles. The second-order valence-corrected chi connectivity index (χ2v) is 13.8.